The zero-order valence-electron chi connectivity index (χ0n) is 13.9. The van der Waals surface area contributed by atoms with Crippen LogP contribution in [-0.2, 0) is 27.9 Å². The Balaban J connectivity index is 1.83. The number of amides is 1. The van der Waals surface area contributed by atoms with E-state index in [0.29, 0.717) is 25.7 Å². The van der Waals surface area contributed by atoms with Gasteiger partial charge < -0.3 is 14.4 Å². The molecular formula is C16H24ClN3O3. The number of nitrogens with zero attached hydrogens (tertiary/aromatic N) is 3. The highest BCUT2D eigenvalue weighted by Gasteiger charge is 2.42. The Hall–Kier alpha value is -1.11. The fourth-order valence-corrected chi connectivity index (χ4v) is 3.29. The molecule has 1 amide bonds. The lowest BCUT2D eigenvalue weighted by Gasteiger charge is -2.38. The second kappa shape index (κ2) is 6.42. The van der Waals surface area contributed by atoms with Crippen LogP contribution in [0.3, 0.4) is 0 Å². The van der Waals surface area contributed by atoms with E-state index in [1.165, 1.54) is 12.8 Å². The Morgan fingerprint density at radius 3 is 2.74 bits per heavy atom. The fraction of sp³-hybridized carbons (Fsp3) is 0.750. The summed E-state index contributed by atoms with van der Waals surface area (Å²) in [7, 11) is 1.91. The van der Waals surface area contributed by atoms with Gasteiger partial charge in [0.05, 0.1) is 24.9 Å². The van der Waals surface area contributed by atoms with E-state index in [2.05, 4.69) is 5.10 Å². The first-order valence-corrected chi connectivity index (χ1v) is 8.64. The highest BCUT2D eigenvalue weighted by atomic mass is 35.5. The molecule has 1 aromatic heterocycles. The maximum absolute atomic E-state index is 12.4. The van der Waals surface area contributed by atoms with Gasteiger partial charge in [-0.05, 0) is 26.7 Å². The molecule has 1 saturated carbocycles. The molecule has 0 spiro atoms. The van der Waals surface area contributed by atoms with E-state index < -0.39 is 5.79 Å². The van der Waals surface area contributed by atoms with E-state index in [0.717, 1.165) is 11.3 Å². The first kappa shape index (κ1) is 16.7. The van der Waals surface area contributed by atoms with Crippen molar-refractivity contribution in [1.29, 1.82) is 0 Å². The van der Waals surface area contributed by atoms with Crippen LogP contribution in [-0.4, -0.2) is 51.5 Å². The maximum Gasteiger partial charge on any atom is 0.238 e. The second-order valence-corrected chi connectivity index (χ2v) is 6.80. The van der Waals surface area contributed by atoms with Crippen molar-refractivity contribution in [1.82, 2.24) is 14.7 Å². The van der Waals surface area contributed by atoms with Gasteiger partial charge >= 0.3 is 0 Å². The van der Waals surface area contributed by atoms with Gasteiger partial charge in [-0.1, -0.05) is 0 Å². The largest absolute Gasteiger partial charge is 0.346 e. The molecule has 1 atom stereocenters. The zero-order chi connectivity index (χ0) is 16.6. The third-order valence-electron chi connectivity index (χ3n) is 4.76. The van der Waals surface area contributed by atoms with Crippen LogP contribution in [0.15, 0.2) is 6.20 Å². The number of carbonyl (C=O) groups excluding carboxylic acids is 1. The van der Waals surface area contributed by atoms with Crippen LogP contribution < -0.4 is 0 Å². The van der Waals surface area contributed by atoms with Gasteiger partial charge in [0.25, 0.3) is 0 Å². The van der Waals surface area contributed by atoms with Gasteiger partial charge in [0, 0.05) is 31.3 Å². The molecule has 3 rings (SSSR count). The Labute approximate surface area is 141 Å². The van der Waals surface area contributed by atoms with Crippen LogP contribution in [0, 0.1) is 0 Å². The number of alkyl halides is 1. The molecule has 23 heavy (non-hydrogen) atoms. The molecule has 2 fully saturated rings. The molecule has 2 aliphatic rings. The third kappa shape index (κ3) is 3.39. The smallest absolute Gasteiger partial charge is 0.238 e. The van der Waals surface area contributed by atoms with Crippen LogP contribution in [0.4, 0.5) is 0 Å². The molecule has 128 valence electrons. The zero-order valence-corrected chi connectivity index (χ0v) is 14.7. The van der Waals surface area contributed by atoms with Crippen molar-refractivity contribution in [3.63, 3.8) is 0 Å². The summed E-state index contributed by atoms with van der Waals surface area (Å²) in [4.78, 5) is 14.2. The second-order valence-electron chi connectivity index (χ2n) is 6.53. The first-order valence-electron chi connectivity index (χ1n) is 8.10. The molecule has 2 heterocycles. The van der Waals surface area contributed by atoms with Crippen molar-refractivity contribution in [2.45, 2.75) is 51.0 Å². The summed E-state index contributed by atoms with van der Waals surface area (Å²) in [6.45, 7) is 5.40. The SMILES string of the molecule is CC(N(Cc1cn(C)nc1C1CC1)C(=O)CCl)C1(C)OCCO1. The number of aromatic nitrogens is 2. The summed E-state index contributed by atoms with van der Waals surface area (Å²) < 4.78 is 13.3. The highest BCUT2D eigenvalue weighted by molar-refractivity contribution is 6.27. The minimum atomic E-state index is -0.788. The molecule has 0 N–H and O–H groups in total. The lowest BCUT2D eigenvalue weighted by molar-refractivity contribution is -0.190. The van der Waals surface area contributed by atoms with E-state index in [1.807, 2.05) is 31.8 Å². The Morgan fingerprint density at radius 1 is 1.52 bits per heavy atom. The summed E-state index contributed by atoms with van der Waals surface area (Å²) in [6.07, 6.45) is 4.34. The molecule has 0 bridgehead atoms. The van der Waals surface area contributed by atoms with Crippen molar-refractivity contribution in [2.75, 3.05) is 19.1 Å². The minimum Gasteiger partial charge on any atom is -0.346 e. The van der Waals surface area contributed by atoms with Gasteiger partial charge in [-0.25, -0.2) is 0 Å². The fourth-order valence-electron chi connectivity index (χ4n) is 3.13. The number of carbonyl (C=O) groups is 1. The highest BCUT2D eigenvalue weighted by Crippen LogP contribution is 2.41. The monoisotopic (exact) mass is 341 g/mol. The molecule has 0 radical (unpaired) electrons. The van der Waals surface area contributed by atoms with Crippen LogP contribution in [0.2, 0.25) is 0 Å². The van der Waals surface area contributed by atoms with E-state index in [9.17, 15) is 4.79 Å². The van der Waals surface area contributed by atoms with Gasteiger partial charge in [0.15, 0.2) is 5.79 Å². The summed E-state index contributed by atoms with van der Waals surface area (Å²) in [5.74, 6) is -0.433. The molecule has 1 aliphatic carbocycles. The predicted octanol–water partition coefficient (Wildman–Crippen LogP) is 2.02. The first-order chi connectivity index (χ1) is 10.9. The van der Waals surface area contributed by atoms with E-state index >= 15 is 0 Å². The number of rotatable bonds is 6. The molecule has 1 unspecified atom stereocenters. The summed E-state index contributed by atoms with van der Waals surface area (Å²) in [6, 6.07) is -0.233. The number of aryl methyl sites for hydroxylation is 1. The van der Waals surface area contributed by atoms with E-state index in [-0.39, 0.29) is 17.8 Å². The minimum absolute atomic E-state index is 0.0561. The molecule has 6 nitrogen and oxygen atoms in total. The average molecular weight is 342 g/mol. The lowest BCUT2D eigenvalue weighted by atomic mass is 10.1. The van der Waals surface area contributed by atoms with Gasteiger partial charge in [0.2, 0.25) is 5.91 Å². The summed E-state index contributed by atoms with van der Waals surface area (Å²) in [5, 5.41) is 4.57. The molecule has 1 aromatic rings. The van der Waals surface area contributed by atoms with Gasteiger partial charge in [0.1, 0.15) is 5.88 Å². The Bertz CT molecular complexity index is 579. The molecule has 1 saturated heterocycles. The lowest BCUT2D eigenvalue weighted by Crippen LogP contribution is -2.52. The molecule has 7 heteroatoms. The molecule has 0 aromatic carbocycles. The van der Waals surface area contributed by atoms with Crippen LogP contribution in [0.1, 0.15) is 43.9 Å². The predicted molar refractivity (Wildman–Crippen MR) is 86.2 cm³/mol. The summed E-state index contributed by atoms with van der Waals surface area (Å²) >= 11 is 5.84. The topological polar surface area (TPSA) is 56.6 Å². The van der Waals surface area contributed by atoms with Gasteiger partial charge in [-0.3, -0.25) is 9.48 Å². The Morgan fingerprint density at radius 2 is 2.17 bits per heavy atom. The van der Waals surface area contributed by atoms with Gasteiger partial charge in [-0.2, -0.15) is 5.10 Å². The standard InChI is InChI=1S/C16H24ClN3O3/c1-11(16(2)22-6-7-23-16)20(14(21)8-17)10-13-9-19(3)18-15(13)12-4-5-12/h9,11-12H,4-8,10H2,1-3H3. The van der Waals surface area contributed by atoms with Crippen molar-refractivity contribution >= 4 is 17.5 Å². The molecular weight excluding hydrogens is 318 g/mol. The maximum atomic E-state index is 12.4. The molecule has 1 aliphatic heterocycles. The van der Waals surface area contributed by atoms with E-state index in [1.54, 1.807) is 4.90 Å². The Kier molecular flexibility index (Phi) is 4.67. The number of halogens is 1. The van der Waals surface area contributed by atoms with Crippen molar-refractivity contribution in [2.24, 2.45) is 7.05 Å². The van der Waals surface area contributed by atoms with Gasteiger partial charge in [-0.15, -0.1) is 11.6 Å². The number of hydrogen-bond acceptors (Lipinski definition) is 4. The van der Waals surface area contributed by atoms with Crippen molar-refractivity contribution in [3.8, 4) is 0 Å². The van der Waals surface area contributed by atoms with Crippen molar-refractivity contribution in [3.05, 3.63) is 17.5 Å². The van der Waals surface area contributed by atoms with Crippen LogP contribution in [0.5, 0.6) is 0 Å². The normalized spacial score (nSPS) is 21.4. The number of hydrogen-bond donors (Lipinski definition) is 0. The van der Waals surface area contributed by atoms with Crippen LogP contribution in [0.25, 0.3) is 0 Å². The van der Waals surface area contributed by atoms with E-state index in [4.69, 9.17) is 21.1 Å². The quantitative estimate of drug-likeness (QED) is 0.743. The number of ether oxygens (including phenoxy) is 2. The third-order valence-corrected chi connectivity index (χ3v) is 4.99. The van der Waals surface area contributed by atoms with Crippen molar-refractivity contribution < 1.29 is 14.3 Å². The summed E-state index contributed by atoms with van der Waals surface area (Å²) in [5.41, 5.74) is 2.19. The van der Waals surface area contributed by atoms with Crippen LogP contribution >= 0.6 is 11.6 Å². The average Bonchev–Trinajstić information content (AvgIpc) is 3.18.